The summed E-state index contributed by atoms with van der Waals surface area (Å²) in [5.41, 5.74) is 8.05. The zero-order chi connectivity index (χ0) is 37.1. The summed E-state index contributed by atoms with van der Waals surface area (Å²) in [6.45, 7) is 32.9. The van der Waals surface area contributed by atoms with Crippen LogP contribution in [0.1, 0.15) is 112 Å². The van der Waals surface area contributed by atoms with Gasteiger partial charge in [-0.3, -0.25) is 0 Å². The van der Waals surface area contributed by atoms with E-state index in [0.29, 0.717) is 0 Å². The van der Waals surface area contributed by atoms with E-state index in [4.69, 9.17) is 0 Å². The molecule has 47 heavy (non-hydrogen) atoms. The molecule has 5 aromatic carbocycles. The van der Waals surface area contributed by atoms with Crippen LogP contribution in [-0.4, -0.2) is 0 Å². The number of benzene rings is 5. The second-order valence-corrected chi connectivity index (χ2v) is 8.77. The highest BCUT2D eigenvalue weighted by Gasteiger charge is 2.01. The van der Waals surface area contributed by atoms with Crippen LogP contribution in [0.3, 0.4) is 0 Å². The Morgan fingerprint density at radius 2 is 0.426 bits per heavy atom. The van der Waals surface area contributed by atoms with Crippen LogP contribution in [0.25, 0.3) is 11.1 Å². The van der Waals surface area contributed by atoms with Crippen LogP contribution in [-0.2, 0) is 0 Å². The third-order valence-corrected chi connectivity index (χ3v) is 5.35. The van der Waals surface area contributed by atoms with Crippen molar-refractivity contribution in [2.75, 3.05) is 0 Å². The normalized spacial score (nSPS) is 7.66. The second kappa shape index (κ2) is 46.5. The maximum atomic E-state index is 2.26. The molecule has 5 aromatic rings. The SMILES string of the molecule is CC.CC.CC.CC.CC.CCC.Cc1ccc(-c2ccc(C)c(C)c2)cc1C.c1ccccc1.c1ccccc1.c1ccccc1. The molecule has 0 amide bonds. The van der Waals surface area contributed by atoms with Crippen molar-refractivity contribution in [2.24, 2.45) is 0 Å². The van der Waals surface area contributed by atoms with E-state index >= 15 is 0 Å². The van der Waals surface area contributed by atoms with Gasteiger partial charge in [-0.05, 0) is 61.1 Å². The maximum absolute atomic E-state index is 2.26. The fraction of sp³-hybridized carbons (Fsp3) is 0.362. The molecule has 0 heteroatoms. The smallest absolute Gasteiger partial charge is 0.0181 e. The van der Waals surface area contributed by atoms with Crippen molar-refractivity contribution in [3.8, 4) is 11.1 Å². The zero-order valence-electron chi connectivity index (χ0n) is 33.6. The van der Waals surface area contributed by atoms with Gasteiger partial charge in [-0.25, -0.2) is 0 Å². The van der Waals surface area contributed by atoms with Crippen molar-refractivity contribution in [1.29, 1.82) is 0 Å². The molecule has 0 saturated heterocycles. The summed E-state index contributed by atoms with van der Waals surface area (Å²) in [7, 11) is 0. The molecule has 0 bridgehead atoms. The second-order valence-electron chi connectivity index (χ2n) is 8.77. The number of hydrogen-bond donors (Lipinski definition) is 0. The van der Waals surface area contributed by atoms with Crippen molar-refractivity contribution in [1.82, 2.24) is 0 Å². The Hall–Kier alpha value is -3.90. The Morgan fingerprint density at radius 3 is 0.553 bits per heavy atom. The van der Waals surface area contributed by atoms with E-state index in [9.17, 15) is 0 Å². The first-order chi connectivity index (χ1) is 23.0. The van der Waals surface area contributed by atoms with Gasteiger partial charge in [0.2, 0.25) is 0 Å². The molecule has 0 heterocycles. The quantitative estimate of drug-likeness (QED) is 0.171. The summed E-state index contributed by atoms with van der Waals surface area (Å²) < 4.78 is 0. The van der Waals surface area contributed by atoms with Gasteiger partial charge < -0.3 is 0 Å². The molecule has 0 aliphatic carbocycles. The minimum absolute atomic E-state index is 1.25. The van der Waals surface area contributed by atoms with Crippen molar-refractivity contribution >= 4 is 0 Å². The molecule has 0 aliphatic rings. The largest absolute Gasteiger partial charge is 0.0683 e. The molecule has 0 radical (unpaired) electrons. The van der Waals surface area contributed by atoms with Crippen LogP contribution in [0.5, 0.6) is 0 Å². The van der Waals surface area contributed by atoms with Gasteiger partial charge in [0.1, 0.15) is 0 Å². The number of aryl methyl sites for hydroxylation is 4. The minimum Gasteiger partial charge on any atom is -0.0683 e. The summed E-state index contributed by atoms with van der Waals surface area (Å²) in [5, 5.41) is 0. The summed E-state index contributed by atoms with van der Waals surface area (Å²) in [6.07, 6.45) is 1.25. The highest BCUT2D eigenvalue weighted by Crippen LogP contribution is 2.24. The maximum Gasteiger partial charge on any atom is -0.0181 e. The van der Waals surface area contributed by atoms with Crippen LogP contribution in [0.4, 0.5) is 0 Å². The van der Waals surface area contributed by atoms with E-state index in [1.807, 2.05) is 178 Å². The van der Waals surface area contributed by atoms with Gasteiger partial charge in [0.05, 0.1) is 0 Å². The van der Waals surface area contributed by atoms with E-state index in [2.05, 4.69) is 77.9 Å². The lowest BCUT2D eigenvalue weighted by molar-refractivity contribution is 1.09. The fourth-order valence-corrected chi connectivity index (χ4v) is 3.00. The highest BCUT2D eigenvalue weighted by atomic mass is 14.1. The van der Waals surface area contributed by atoms with Gasteiger partial charge in [-0.15, -0.1) is 0 Å². The molecule has 0 spiro atoms. The molecular weight excluding hydrogens is 565 g/mol. The third-order valence-electron chi connectivity index (χ3n) is 5.35. The Balaban J connectivity index is -0.000000160. The van der Waals surface area contributed by atoms with Crippen LogP contribution in [0, 0.1) is 27.7 Å². The van der Waals surface area contributed by atoms with E-state index in [0.717, 1.165) is 0 Å². The molecule has 0 aromatic heterocycles. The first kappa shape index (κ1) is 52.6. The van der Waals surface area contributed by atoms with Crippen LogP contribution < -0.4 is 0 Å². The monoisotopic (exact) mass is 639 g/mol. The van der Waals surface area contributed by atoms with Crippen LogP contribution in [0.15, 0.2) is 146 Å². The lowest BCUT2D eigenvalue weighted by Crippen LogP contribution is -1.86. The van der Waals surface area contributed by atoms with Gasteiger partial charge >= 0.3 is 0 Å². The average molecular weight is 639 g/mol. The Morgan fingerprint density at radius 1 is 0.277 bits per heavy atom. The van der Waals surface area contributed by atoms with Crippen LogP contribution in [0.2, 0.25) is 0 Å². The van der Waals surface area contributed by atoms with Gasteiger partial charge in [-0.2, -0.15) is 0 Å². The molecule has 0 aliphatic heterocycles. The standard InChI is InChI=1S/C16H18.3C6H6.C3H8.5C2H6/c1-11-5-7-15(9-13(11)3)16-8-6-12(2)14(4)10-16;3*1-2-4-6-5-3-1;1-3-2;5*1-2/h5-10H,1-4H3;3*1-6H;3H2,1-2H3;5*1-2H3. The molecule has 262 valence electrons. The lowest BCUT2D eigenvalue weighted by atomic mass is 9.98. The summed E-state index contributed by atoms with van der Waals surface area (Å²) in [5.74, 6) is 0. The predicted molar refractivity (Wildman–Crippen MR) is 223 cm³/mol. The average Bonchev–Trinajstić information content (AvgIpc) is 3.18. The van der Waals surface area contributed by atoms with Crippen molar-refractivity contribution in [2.45, 2.75) is 117 Å². The zero-order valence-corrected chi connectivity index (χ0v) is 33.6. The van der Waals surface area contributed by atoms with Crippen molar-refractivity contribution in [3.05, 3.63) is 168 Å². The van der Waals surface area contributed by atoms with E-state index < -0.39 is 0 Å². The minimum atomic E-state index is 1.25. The van der Waals surface area contributed by atoms with Crippen molar-refractivity contribution < 1.29 is 0 Å². The van der Waals surface area contributed by atoms with Gasteiger partial charge in [0, 0.05) is 0 Å². The Bertz CT molecular complexity index is 972. The van der Waals surface area contributed by atoms with Gasteiger partial charge in [0.15, 0.2) is 0 Å². The summed E-state index contributed by atoms with van der Waals surface area (Å²) >= 11 is 0. The molecular formula is C47H74. The van der Waals surface area contributed by atoms with E-state index in [-0.39, 0.29) is 0 Å². The molecule has 0 unspecified atom stereocenters. The lowest BCUT2D eigenvalue weighted by Gasteiger charge is -2.08. The summed E-state index contributed by atoms with van der Waals surface area (Å²) in [6, 6.07) is 49.3. The topological polar surface area (TPSA) is 0 Å². The highest BCUT2D eigenvalue weighted by molar-refractivity contribution is 5.66. The van der Waals surface area contributed by atoms with Gasteiger partial charge in [0.25, 0.3) is 0 Å². The molecule has 0 atom stereocenters. The third kappa shape index (κ3) is 34.8. The van der Waals surface area contributed by atoms with E-state index in [1.165, 1.54) is 39.8 Å². The molecule has 0 saturated carbocycles. The summed E-state index contributed by atoms with van der Waals surface area (Å²) in [4.78, 5) is 0. The van der Waals surface area contributed by atoms with E-state index in [1.54, 1.807) is 0 Å². The van der Waals surface area contributed by atoms with Crippen molar-refractivity contribution in [3.63, 3.8) is 0 Å². The molecule has 0 N–H and O–H groups in total. The Labute approximate surface area is 295 Å². The molecule has 0 nitrogen and oxygen atoms in total. The van der Waals surface area contributed by atoms with Gasteiger partial charge in [-0.1, -0.05) is 235 Å². The fourth-order valence-electron chi connectivity index (χ4n) is 3.00. The van der Waals surface area contributed by atoms with Crippen LogP contribution >= 0.6 is 0 Å². The first-order valence-corrected chi connectivity index (χ1v) is 18.1. The number of rotatable bonds is 1. The predicted octanol–water partition coefficient (Wildman–Crippen LogP) is 16.2. The Kier molecular flexibility index (Phi) is 52.1. The molecule has 0 fully saturated rings. The first-order valence-electron chi connectivity index (χ1n) is 18.1. The molecule has 5 rings (SSSR count). The number of hydrogen-bond acceptors (Lipinski definition) is 0.